The number of carbonyl (C=O) groups is 2. The molecule has 0 saturated carbocycles. The molecule has 0 N–H and O–H groups in total. The van der Waals surface area contributed by atoms with E-state index in [2.05, 4.69) is 4.74 Å². The van der Waals surface area contributed by atoms with Crippen molar-refractivity contribution in [3.05, 3.63) is 0 Å². The van der Waals surface area contributed by atoms with Gasteiger partial charge in [-0.05, 0) is 25.7 Å². The molecule has 5 nitrogen and oxygen atoms in total. The van der Waals surface area contributed by atoms with E-state index >= 15 is 0 Å². The highest BCUT2D eigenvalue weighted by molar-refractivity contribution is 5.82. The van der Waals surface area contributed by atoms with Crippen LogP contribution < -0.4 is 0 Å². The number of ether oxygens (including phenoxy) is 2. The van der Waals surface area contributed by atoms with Gasteiger partial charge in [-0.2, -0.15) is 0 Å². The maximum Gasteiger partial charge on any atom is 0.307 e. The summed E-state index contributed by atoms with van der Waals surface area (Å²) in [7, 11) is 1.38. The molecule has 2 fully saturated rings. The van der Waals surface area contributed by atoms with Gasteiger partial charge in [-0.15, -0.1) is 0 Å². The van der Waals surface area contributed by atoms with E-state index in [1.807, 2.05) is 0 Å². The normalized spacial score (nSPS) is 28.4. The third-order valence-corrected chi connectivity index (χ3v) is 3.50. The minimum atomic E-state index is -0.284. The fraction of sp³-hybridized carbons (Fsp3) is 0.833. The van der Waals surface area contributed by atoms with Crippen molar-refractivity contribution in [1.29, 1.82) is 0 Å². The fourth-order valence-corrected chi connectivity index (χ4v) is 2.57. The van der Waals surface area contributed by atoms with Gasteiger partial charge < -0.3 is 14.4 Å². The summed E-state index contributed by atoms with van der Waals surface area (Å²) in [5.41, 5.74) is 0. The molecule has 96 valence electrons. The van der Waals surface area contributed by atoms with Crippen molar-refractivity contribution in [1.82, 2.24) is 4.90 Å². The van der Waals surface area contributed by atoms with Crippen LogP contribution in [-0.2, 0) is 19.1 Å². The van der Waals surface area contributed by atoms with Gasteiger partial charge in [-0.3, -0.25) is 9.59 Å². The average molecular weight is 241 g/mol. The summed E-state index contributed by atoms with van der Waals surface area (Å²) in [6.45, 7) is 1.41. The van der Waals surface area contributed by atoms with Crippen molar-refractivity contribution < 1.29 is 19.1 Å². The van der Waals surface area contributed by atoms with Crippen LogP contribution in [0.15, 0.2) is 0 Å². The van der Waals surface area contributed by atoms with Gasteiger partial charge in [0.05, 0.1) is 13.5 Å². The summed E-state index contributed by atoms with van der Waals surface area (Å²) >= 11 is 0. The van der Waals surface area contributed by atoms with Gasteiger partial charge in [-0.1, -0.05) is 0 Å². The van der Waals surface area contributed by atoms with E-state index in [0.29, 0.717) is 13.0 Å². The summed E-state index contributed by atoms with van der Waals surface area (Å²) < 4.78 is 10.1. The standard InChI is InChI=1S/C12H19NO4/c1-16-11(14)8-9-4-2-6-13(9)12(15)10-5-3-7-17-10/h9-10H,2-8H2,1H3/t9?,10-/m1/s1. The van der Waals surface area contributed by atoms with Crippen molar-refractivity contribution >= 4 is 11.9 Å². The summed E-state index contributed by atoms with van der Waals surface area (Å²) in [5.74, 6) is -0.198. The lowest BCUT2D eigenvalue weighted by Gasteiger charge is -2.26. The number of esters is 1. The molecule has 5 heteroatoms. The number of methoxy groups -OCH3 is 1. The van der Waals surface area contributed by atoms with Gasteiger partial charge >= 0.3 is 5.97 Å². The van der Waals surface area contributed by atoms with Gasteiger partial charge in [0.15, 0.2) is 0 Å². The van der Waals surface area contributed by atoms with Gasteiger partial charge in [0, 0.05) is 19.2 Å². The van der Waals surface area contributed by atoms with Gasteiger partial charge in [0.25, 0.3) is 5.91 Å². The van der Waals surface area contributed by atoms with Crippen LogP contribution in [0.2, 0.25) is 0 Å². The Morgan fingerprint density at radius 3 is 2.82 bits per heavy atom. The first-order valence-corrected chi connectivity index (χ1v) is 6.21. The molecule has 0 bridgehead atoms. The second-order valence-electron chi connectivity index (χ2n) is 4.61. The highest BCUT2D eigenvalue weighted by Gasteiger charge is 2.35. The summed E-state index contributed by atoms with van der Waals surface area (Å²) in [5, 5.41) is 0. The van der Waals surface area contributed by atoms with E-state index in [-0.39, 0.29) is 24.0 Å². The van der Waals surface area contributed by atoms with E-state index in [9.17, 15) is 9.59 Å². The van der Waals surface area contributed by atoms with Crippen LogP contribution in [0.3, 0.4) is 0 Å². The topological polar surface area (TPSA) is 55.8 Å². The Morgan fingerprint density at radius 2 is 2.18 bits per heavy atom. The van der Waals surface area contributed by atoms with Crippen LogP contribution in [0.5, 0.6) is 0 Å². The Labute approximate surface area is 101 Å². The minimum Gasteiger partial charge on any atom is -0.469 e. The molecule has 17 heavy (non-hydrogen) atoms. The number of nitrogens with zero attached hydrogens (tertiary/aromatic N) is 1. The molecule has 1 unspecified atom stereocenters. The highest BCUT2D eigenvalue weighted by Crippen LogP contribution is 2.24. The number of carbonyl (C=O) groups excluding carboxylic acids is 2. The predicted molar refractivity (Wildman–Crippen MR) is 60.3 cm³/mol. The monoisotopic (exact) mass is 241 g/mol. The molecule has 1 amide bonds. The van der Waals surface area contributed by atoms with Crippen molar-refractivity contribution in [2.45, 2.75) is 44.2 Å². The highest BCUT2D eigenvalue weighted by atomic mass is 16.5. The number of hydrogen-bond donors (Lipinski definition) is 0. The van der Waals surface area contributed by atoms with E-state index in [0.717, 1.165) is 32.2 Å². The Balaban J connectivity index is 1.93. The largest absolute Gasteiger partial charge is 0.469 e. The summed E-state index contributed by atoms with van der Waals surface area (Å²) in [4.78, 5) is 25.2. The summed E-state index contributed by atoms with van der Waals surface area (Å²) in [6, 6.07) is -0.000787. The minimum absolute atomic E-state index is 0.000787. The molecular weight excluding hydrogens is 222 g/mol. The second kappa shape index (κ2) is 5.49. The third kappa shape index (κ3) is 2.77. The molecular formula is C12H19NO4. The Hall–Kier alpha value is -1.10. The number of likely N-dealkylation sites (tertiary alicyclic amines) is 1. The third-order valence-electron chi connectivity index (χ3n) is 3.50. The van der Waals surface area contributed by atoms with Crippen molar-refractivity contribution in [3.63, 3.8) is 0 Å². The Morgan fingerprint density at radius 1 is 1.35 bits per heavy atom. The summed E-state index contributed by atoms with van der Waals surface area (Å²) in [6.07, 6.45) is 3.61. The lowest BCUT2D eigenvalue weighted by atomic mass is 10.1. The molecule has 0 aliphatic carbocycles. The second-order valence-corrected chi connectivity index (χ2v) is 4.61. The van der Waals surface area contributed by atoms with Crippen molar-refractivity contribution in [3.8, 4) is 0 Å². The number of hydrogen-bond acceptors (Lipinski definition) is 4. The molecule has 0 spiro atoms. The zero-order chi connectivity index (χ0) is 12.3. The first-order valence-electron chi connectivity index (χ1n) is 6.21. The van der Waals surface area contributed by atoms with Crippen molar-refractivity contribution in [2.24, 2.45) is 0 Å². The molecule has 2 saturated heterocycles. The zero-order valence-corrected chi connectivity index (χ0v) is 10.2. The van der Waals surface area contributed by atoms with Crippen LogP contribution in [0, 0.1) is 0 Å². The molecule has 0 aromatic heterocycles. The number of rotatable bonds is 3. The molecule has 2 aliphatic rings. The fourth-order valence-electron chi connectivity index (χ4n) is 2.57. The first kappa shape index (κ1) is 12.4. The zero-order valence-electron chi connectivity index (χ0n) is 10.2. The Bertz CT molecular complexity index is 299. The van der Waals surface area contributed by atoms with Crippen LogP contribution in [0.25, 0.3) is 0 Å². The molecule has 2 rings (SSSR count). The molecule has 2 heterocycles. The quantitative estimate of drug-likeness (QED) is 0.683. The van der Waals surface area contributed by atoms with Gasteiger partial charge in [0.1, 0.15) is 6.10 Å². The maximum atomic E-state index is 12.2. The van der Waals surface area contributed by atoms with Crippen LogP contribution in [-0.4, -0.2) is 49.2 Å². The molecule has 0 aromatic rings. The van der Waals surface area contributed by atoms with Crippen LogP contribution in [0.1, 0.15) is 32.1 Å². The van der Waals surface area contributed by atoms with E-state index in [1.54, 1.807) is 4.90 Å². The predicted octanol–water partition coefficient (Wildman–Crippen LogP) is 0.719. The van der Waals surface area contributed by atoms with E-state index in [1.165, 1.54) is 7.11 Å². The SMILES string of the molecule is COC(=O)CC1CCCN1C(=O)[C@H]1CCCO1. The molecule has 0 radical (unpaired) electrons. The van der Waals surface area contributed by atoms with Crippen LogP contribution in [0.4, 0.5) is 0 Å². The maximum absolute atomic E-state index is 12.2. The van der Waals surface area contributed by atoms with Crippen molar-refractivity contribution in [2.75, 3.05) is 20.3 Å². The van der Waals surface area contributed by atoms with E-state index < -0.39 is 0 Å². The Kier molecular flexibility index (Phi) is 3.99. The lowest BCUT2D eigenvalue weighted by molar-refractivity contribution is -0.146. The molecule has 0 aromatic carbocycles. The average Bonchev–Trinajstić information content (AvgIpc) is 2.98. The first-order chi connectivity index (χ1) is 8.22. The van der Waals surface area contributed by atoms with Crippen LogP contribution >= 0.6 is 0 Å². The smallest absolute Gasteiger partial charge is 0.307 e. The molecule has 2 atom stereocenters. The molecule has 2 aliphatic heterocycles. The van der Waals surface area contributed by atoms with Gasteiger partial charge in [0.2, 0.25) is 0 Å². The lowest BCUT2D eigenvalue weighted by Crippen LogP contribution is -2.42. The van der Waals surface area contributed by atoms with Gasteiger partial charge in [-0.25, -0.2) is 0 Å². The number of amides is 1. The van der Waals surface area contributed by atoms with E-state index in [4.69, 9.17) is 4.74 Å².